The van der Waals surface area contributed by atoms with Crippen molar-refractivity contribution >= 4 is 46.0 Å². The second kappa shape index (κ2) is 7.39. The van der Waals surface area contributed by atoms with Crippen LogP contribution in [0.15, 0.2) is 35.0 Å². The highest BCUT2D eigenvalue weighted by Crippen LogP contribution is 2.18. The van der Waals surface area contributed by atoms with Crippen LogP contribution in [0.4, 0.5) is 11.5 Å². The minimum atomic E-state index is -0.404. The van der Waals surface area contributed by atoms with Crippen molar-refractivity contribution in [3.05, 3.63) is 36.2 Å². The Morgan fingerprint density at radius 2 is 2.16 bits per heavy atom. The van der Waals surface area contributed by atoms with E-state index >= 15 is 0 Å². The van der Waals surface area contributed by atoms with E-state index in [1.54, 1.807) is 32.2 Å². The molecule has 0 saturated carbocycles. The van der Waals surface area contributed by atoms with Gasteiger partial charge >= 0.3 is 0 Å². The van der Waals surface area contributed by atoms with Crippen molar-refractivity contribution in [2.75, 3.05) is 16.4 Å². The van der Waals surface area contributed by atoms with Gasteiger partial charge in [-0.3, -0.25) is 14.7 Å². The van der Waals surface area contributed by atoms with E-state index in [-0.39, 0.29) is 17.6 Å². The molecule has 1 aromatic carbocycles. The van der Waals surface area contributed by atoms with Gasteiger partial charge in [0, 0.05) is 17.1 Å². The molecule has 8 nitrogen and oxygen atoms in total. The number of nitrogens with one attached hydrogen (secondary N) is 3. The number of aromatic nitrogens is 3. The molecular weight excluding hydrogens is 342 g/mol. The molecule has 0 bridgehead atoms. The molecule has 0 aliphatic rings. The molecular formula is C16H17N5O3S. The summed E-state index contributed by atoms with van der Waals surface area (Å²) in [5, 5.41) is 16.5. The molecule has 9 heteroatoms. The van der Waals surface area contributed by atoms with E-state index in [4.69, 9.17) is 4.52 Å². The molecule has 0 spiro atoms. The van der Waals surface area contributed by atoms with Gasteiger partial charge in [0.05, 0.1) is 22.7 Å². The van der Waals surface area contributed by atoms with Gasteiger partial charge in [0.15, 0.2) is 5.82 Å². The average molecular weight is 359 g/mol. The number of carbonyl (C=O) groups excluding carboxylic acids is 2. The molecule has 2 aromatic heterocycles. The molecule has 0 radical (unpaired) electrons. The lowest BCUT2D eigenvalue weighted by molar-refractivity contribution is -0.115. The van der Waals surface area contributed by atoms with Crippen molar-refractivity contribution in [3.8, 4) is 0 Å². The van der Waals surface area contributed by atoms with Crippen LogP contribution in [0.25, 0.3) is 10.9 Å². The Morgan fingerprint density at radius 1 is 1.32 bits per heavy atom. The maximum atomic E-state index is 12.1. The van der Waals surface area contributed by atoms with Gasteiger partial charge in [-0.25, -0.2) is 0 Å². The fraction of sp³-hybridized carbons (Fsp3) is 0.250. The molecule has 2 amide bonds. The lowest BCUT2D eigenvalue weighted by atomic mass is 10.2. The van der Waals surface area contributed by atoms with Gasteiger partial charge in [-0.15, -0.1) is 11.8 Å². The van der Waals surface area contributed by atoms with E-state index in [0.29, 0.717) is 17.3 Å². The Hall–Kier alpha value is -2.81. The summed E-state index contributed by atoms with van der Waals surface area (Å²) in [5.74, 6) is 0.739. The Morgan fingerprint density at radius 3 is 2.92 bits per heavy atom. The molecule has 0 fully saturated rings. The van der Waals surface area contributed by atoms with Crippen LogP contribution >= 0.6 is 11.8 Å². The van der Waals surface area contributed by atoms with E-state index < -0.39 is 5.25 Å². The molecule has 3 rings (SSSR count). The summed E-state index contributed by atoms with van der Waals surface area (Å²) < 4.78 is 4.89. The molecule has 3 aromatic rings. The van der Waals surface area contributed by atoms with Gasteiger partial charge in [0.2, 0.25) is 11.8 Å². The number of benzene rings is 1. The third-order valence-corrected chi connectivity index (χ3v) is 4.58. The van der Waals surface area contributed by atoms with Crippen molar-refractivity contribution in [1.29, 1.82) is 0 Å². The topological polar surface area (TPSA) is 113 Å². The number of carbonyl (C=O) groups is 2. The van der Waals surface area contributed by atoms with Crippen molar-refractivity contribution in [3.63, 3.8) is 0 Å². The van der Waals surface area contributed by atoms with Crippen LogP contribution in [0.1, 0.15) is 12.7 Å². The molecule has 0 aliphatic carbocycles. The second-order valence-corrected chi connectivity index (χ2v) is 6.81. The number of hydrogen-bond acceptors (Lipinski definition) is 6. The zero-order valence-electron chi connectivity index (χ0n) is 13.7. The van der Waals surface area contributed by atoms with Gasteiger partial charge < -0.3 is 15.2 Å². The van der Waals surface area contributed by atoms with Gasteiger partial charge in [0.25, 0.3) is 0 Å². The van der Waals surface area contributed by atoms with Crippen LogP contribution in [-0.2, 0) is 9.59 Å². The van der Waals surface area contributed by atoms with E-state index in [9.17, 15) is 9.59 Å². The highest BCUT2D eigenvalue weighted by molar-refractivity contribution is 8.01. The maximum absolute atomic E-state index is 12.1. The van der Waals surface area contributed by atoms with Gasteiger partial charge in [0.1, 0.15) is 5.76 Å². The minimum absolute atomic E-state index is 0.163. The highest BCUT2D eigenvalue weighted by atomic mass is 32.2. The monoisotopic (exact) mass is 359 g/mol. The smallest absolute Gasteiger partial charge is 0.238 e. The number of thioether (sulfide) groups is 1. The number of H-pyrrole nitrogens is 1. The molecule has 130 valence electrons. The summed E-state index contributed by atoms with van der Waals surface area (Å²) in [6.45, 7) is 3.48. The quantitative estimate of drug-likeness (QED) is 0.623. The maximum Gasteiger partial charge on any atom is 0.238 e. The lowest BCUT2D eigenvalue weighted by Gasteiger charge is -2.10. The third kappa shape index (κ3) is 4.38. The number of aryl methyl sites for hydroxylation is 1. The zero-order valence-corrected chi connectivity index (χ0v) is 14.5. The first kappa shape index (κ1) is 17.0. The molecule has 2 heterocycles. The SMILES string of the molecule is Cc1cc(NC(=O)C(C)SCC(=O)Nc2ccc3[nH]ncc3c2)no1. The van der Waals surface area contributed by atoms with E-state index in [1.807, 2.05) is 12.1 Å². The van der Waals surface area contributed by atoms with E-state index in [2.05, 4.69) is 26.0 Å². The largest absolute Gasteiger partial charge is 0.360 e. The molecule has 1 atom stereocenters. The molecule has 1 unspecified atom stereocenters. The number of nitrogens with zero attached hydrogens (tertiary/aromatic N) is 2. The minimum Gasteiger partial charge on any atom is -0.360 e. The van der Waals surface area contributed by atoms with E-state index in [0.717, 1.165) is 10.9 Å². The van der Waals surface area contributed by atoms with Crippen molar-refractivity contribution in [1.82, 2.24) is 15.4 Å². The van der Waals surface area contributed by atoms with Gasteiger partial charge in [-0.05, 0) is 32.0 Å². The number of fused-ring (bicyclic) bond motifs is 1. The van der Waals surface area contributed by atoms with Crippen LogP contribution in [0.3, 0.4) is 0 Å². The number of rotatable bonds is 6. The fourth-order valence-corrected chi connectivity index (χ4v) is 2.83. The third-order valence-electron chi connectivity index (χ3n) is 3.44. The number of amides is 2. The Kier molecular flexibility index (Phi) is 5.03. The summed E-state index contributed by atoms with van der Waals surface area (Å²) in [5.41, 5.74) is 1.59. The standard InChI is InChI=1S/C16H17N5O3S/c1-9-5-14(21-24-9)19-16(23)10(2)25-8-15(22)18-12-3-4-13-11(6-12)7-17-20-13/h3-7,10H,8H2,1-2H3,(H,17,20)(H,18,22)(H,19,21,23). The number of hydrogen-bond donors (Lipinski definition) is 3. The molecule has 25 heavy (non-hydrogen) atoms. The summed E-state index contributed by atoms with van der Waals surface area (Å²) in [4.78, 5) is 24.1. The van der Waals surface area contributed by atoms with Gasteiger partial charge in [-0.1, -0.05) is 5.16 Å². The van der Waals surface area contributed by atoms with Crippen LogP contribution in [0.2, 0.25) is 0 Å². The Bertz CT molecular complexity index is 904. The second-order valence-electron chi connectivity index (χ2n) is 5.49. The van der Waals surface area contributed by atoms with Crippen LogP contribution in [-0.4, -0.2) is 38.2 Å². The van der Waals surface area contributed by atoms with Crippen LogP contribution in [0.5, 0.6) is 0 Å². The summed E-state index contributed by atoms with van der Waals surface area (Å²) in [7, 11) is 0. The van der Waals surface area contributed by atoms with Crippen LogP contribution in [0, 0.1) is 6.92 Å². The number of aromatic amines is 1. The Labute approximate surface area is 147 Å². The zero-order chi connectivity index (χ0) is 17.8. The summed E-state index contributed by atoms with van der Waals surface area (Å²) in [6, 6.07) is 7.12. The average Bonchev–Trinajstić information content (AvgIpc) is 3.20. The van der Waals surface area contributed by atoms with Crippen molar-refractivity contribution < 1.29 is 14.1 Å². The summed E-state index contributed by atoms with van der Waals surface area (Å²) in [6.07, 6.45) is 1.69. The first-order chi connectivity index (χ1) is 12.0. The van der Waals surface area contributed by atoms with Gasteiger partial charge in [-0.2, -0.15) is 5.10 Å². The lowest BCUT2D eigenvalue weighted by Crippen LogP contribution is -2.25. The first-order valence-electron chi connectivity index (χ1n) is 7.60. The fourth-order valence-electron chi connectivity index (χ4n) is 2.15. The number of anilines is 2. The van der Waals surface area contributed by atoms with Crippen LogP contribution < -0.4 is 10.6 Å². The molecule has 0 saturated heterocycles. The Balaban J connectivity index is 1.48. The molecule has 3 N–H and O–H groups in total. The molecule has 0 aliphatic heterocycles. The van der Waals surface area contributed by atoms with Crippen molar-refractivity contribution in [2.24, 2.45) is 0 Å². The highest BCUT2D eigenvalue weighted by Gasteiger charge is 2.17. The van der Waals surface area contributed by atoms with E-state index in [1.165, 1.54) is 11.8 Å². The summed E-state index contributed by atoms with van der Waals surface area (Å²) >= 11 is 1.24. The predicted octanol–water partition coefficient (Wildman–Crippen LogP) is 2.56. The predicted molar refractivity (Wildman–Crippen MR) is 96.5 cm³/mol. The van der Waals surface area contributed by atoms with Crippen molar-refractivity contribution in [2.45, 2.75) is 19.1 Å². The first-order valence-corrected chi connectivity index (χ1v) is 8.65. The normalized spacial score (nSPS) is 12.1.